The Bertz CT molecular complexity index is 657. The van der Waals surface area contributed by atoms with Crippen LogP contribution >= 0.6 is 12.4 Å². The van der Waals surface area contributed by atoms with Crippen molar-refractivity contribution >= 4 is 28.3 Å². The summed E-state index contributed by atoms with van der Waals surface area (Å²) in [4.78, 5) is 11.2. The normalized spacial score (nSPS) is 18.7. The third-order valence-corrected chi connectivity index (χ3v) is 5.89. The van der Waals surface area contributed by atoms with Gasteiger partial charge in [-0.2, -0.15) is 4.31 Å². The Hall–Kier alpha value is -1.22. The number of rotatable bonds is 6. The van der Waals surface area contributed by atoms with Gasteiger partial charge in [0.25, 0.3) is 0 Å². The molecule has 1 atom stereocenters. The second-order valence-electron chi connectivity index (χ2n) is 5.54. The minimum Gasteiger partial charge on any atom is -0.354 e. The summed E-state index contributed by atoms with van der Waals surface area (Å²) >= 11 is 0. The molecule has 1 unspecified atom stereocenters. The molecule has 1 aromatic rings. The average Bonchev–Trinajstić information content (AvgIpc) is 2.54. The monoisotopic (exact) mass is 379 g/mol. The number of halogens is 2. The maximum absolute atomic E-state index is 13.9. The predicted molar refractivity (Wildman–Crippen MR) is 91.9 cm³/mol. The van der Waals surface area contributed by atoms with Gasteiger partial charge >= 0.3 is 0 Å². The Balaban J connectivity index is 0.00000288. The maximum atomic E-state index is 13.9. The number of sulfonamides is 1. The Kier molecular flexibility index (Phi) is 8.08. The molecular formula is C15H23ClFN3O3S. The molecule has 9 heteroatoms. The van der Waals surface area contributed by atoms with Gasteiger partial charge in [0, 0.05) is 32.1 Å². The Labute approximate surface area is 148 Å². The summed E-state index contributed by atoms with van der Waals surface area (Å²) in [5, 5.41) is 2.70. The highest BCUT2D eigenvalue weighted by Crippen LogP contribution is 2.26. The Morgan fingerprint density at radius 3 is 2.71 bits per heavy atom. The number of nitrogens with two attached hydrogens (primary N) is 1. The van der Waals surface area contributed by atoms with Crippen molar-refractivity contribution in [1.29, 1.82) is 0 Å². The van der Waals surface area contributed by atoms with Crippen molar-refractivity contribution in [2.75, 3.05) is 19.6 Å². The van der Waals surface area contributed by atoms with Crippen LogP contribution in [-0.2, 0) is 14.8 Å². The lowest BCUT2D eigenvalue weighted by Gasteiger charge is -2.34. The van der Waals surface area contributed by atoms with Gasteiger partial charge in [-0.1, -0.05) is 18.6 Å². The lowest BCUT2D eigenvalue weighted by Crippen LogP contribution is -2.49. The van der Waals surface area contributed by atoms with Crippen LogP contribution < -0.4 is 11.1 Å². The van der Waals surface area contributed by atoms with Gasteiger partial charge in [0.15, 0.2) is 0 Å². The zero-order valence-corrected chi connectivity index (χ0v) is 14.9. The van der Waals surface area contributed by atoms with Crippen LogP contribution in [0, 0.1) is 5.82 Å². The molecule has 1 heterocycles. The lowest BCUT2D eigenvalue weighted by atomic mass is 10.1. The summed E-state index contributed by atoms with van der Waals surface area (Å²) in [6, 6.07) is 4.99. The Morgan fingerprint density at radius 1 is 1.33 bits per heavy atom. The fourth-order valence-corrected chi connectivity index (χ4v) is 4.49. The summed E-state index contributed by atoms with van der Waals surface area (Å²) in [7, 11) is -3.92. The maximum Gasteiger partial charge on any atom is 0.246 e. The van der Waals surface area contributed by atoms with Gasteiger partial charge in [-0.25, -0.2) is 12.8 Å². The fourth-order valence-electron chi connectivity index (χ4n) is 2.73. The molecule has 1 aliphatic rings. The first-order chi connectivity index (χ1) is 11.0. The second-order valence-corrected chi connectivity index (χ2v) is 7.40. The van der Waals surface area contributed by atoms with Crippen molar-refractivity contribution in [3.63, 3.8) is 0 Å². The van der Waals surface area contributed by atoms with Crippen molar-refractivity contribution in [2.24, 2.45) is 5.73 Å². The fraction of sp³-hybridized carbons (Fsp3) is 0.533. The molecule has 24 heavy (non-hydrogen) atoms. The molecule has 1 saturated heterocycles. The predicted octanol–water partition coefficient (Wildman–Crippen LogP) is 1.26. The van der Waals surface area contributed by atoms with Crippen LogP contribution in [0.4, 0.5) is 4.39 Å². The average molecular weight is 380 g/mol. The van der Waals surface area contributed by atoms with Crippen LogP contribution in [0.3, 0.4) is 0 Å². The zero-order valence-electron chi connectivity index (χ0n) is 13.3. The topological polar surface area (TPSA) is 92.5 Å². The molecule has 0 spiro atoms. The van der Waals surface area contributed by atoms with Crippen LogP contribution in [0.2, 0.25) is 0 Å². The van der Waals surface area contributed by atoms with Crippen molar-refractivity contribution in [3.8, 4) is 0 Å². The number of nitrogens with zero attached hydrogens (tertiary/aromatic N) is 1. The number of amides is 1. The van der Waals surface area contributed by atoms with E-state index in [0.717, 1.165) is 18.9 Å². The number of piperidine rings is 1. The third kappa shape index (κ3) is 4.89. The van der Waals surface area contributed by atoms with E-state index in [-0.39, 0.29) is 48.8 Å². The van der Waals surface area contributed by atoms with E-state index in [4.69, 9.17) is 5.73 Å². The molecule has 3 N–H and O–H groups in total. The molecule has 0 saturated carbocycles. The van der Waals surface area contributed by atoms with Gasteiger partial charge in [-0.05, 0) is 25.0 Å². The standard InChI is InChI=1S/C15H22FN3O3S.ClH/c16-13-6-1-2-7-14(13)23(21,22)19-10-4-3-5-12(19)11-18-15(20)8-9-17;/h1-2,6-7,12H,3-5,8-11,17H2,(H,18,20);1H. The highest BCUT2D eigenvalue weighted by Gasteiger charge is 2.34. The number of benzene rings is 1. The quantitative estimate of drug-likeness (QED) is 0.778. The highest BCUT2D eigenvalue weighted by atomic mass is 35.5. The van der Waals surface area contributed by atoms with Crippen LogP contribution in [0.25, 0.3) is 0 Å². The van der Waals surface area contributed by atoms with E-state index in [0.29, 0.717) is 13.0 Å². The van der Waals surface area contributed by atoms with E-state index in [1.807, 2.05) is 0 Å². The molecule has 1 fully saturated rings. The largest absolute Gasteiger partial charge is 0.354 e. The SMILES string of the molecule is Cl.NCCC(=O)NCC1CCCCN1S(=O)(=O)c1ccccc1F. The summed E-state index contributed by atoms with van der Waals surface area (Å²) in [5.74, 6) is -0.967. The first kappa shape index (κ1) is 20.8. The summed E-state index contributed by atoms with van der Waals surface area (Å²) in [5.41, 5.74) is 5.32. The molecule has 0 aliphatic carbocycles. The van der Waals surface area contributed by atoms with Gasteiger partial charge in [0.1, 0.15) is 10.7 Å². The first-order valence-corrected chi connectivity index (χ1v) is 9.14. The number of nitrogens with one attached hydrogen (secondary N) is 1. The molecule has 0 radical (unpaired) electrons. The van der Waals surface area contributed by atoms with Crippen molar-refractivity contribution in [3.05, 3.63) is 30.1 Å². The minimum absolute atomic E-state index is 0. The van der Waals surface area contributed by atoms with E-state index in [2.05, 4.69) is 5.32 Å². The molecule has 6 nitrogen and oxygen atoms in total. The Morgan fingerprint density at radius 2 is 2.04 bits per heavy atom. The number of carbonyl (C=O) groups is 1. The number of hydrogen-bond acceptors (Lipinski definition) is 4. The van der Waals surface area contributed by atoms with E-state index in [1.54, 1.807) is 0 Å². The molecule has 136 valence electrons. The number of carbonyl (C=O) groups excluding carboxylic acids is 1. The van der Waals surface area contributed by atoms with Crippen molar-refractivity contribution in [2.45, 2.75) is 36.6 Å². The molecular weight excluding hydrogens is 357 g/mol. The summed E-state index contributed by atoms with van der Waals surface area (Å²) < 4.78 is 40.7. The van der Waals surface area contributed by atoms with Crippen LogP contribution in [0.1, 0.15) is 25.7 Å². The summed E-state index contributed by atoms with van der Waals surface area (Å²) in [6.07, 6.45) is 2.44. The third-order valence-electron chi connectivity index (χ3n) is 3.90. The van der Waals surface area contributed by atoms with Gasteiger partial charge in [0.05, 0.1) is 0 Å². The molecule has 2 rings (SSSR count). The van der Waals surface area contributed by atoms with E-state index >= 15 is 0 Å². The molecule has 0 aromatic heterocycles. The molecule has 1 aromatic carbocycles. The first-order valence-electron chi connectivity index (χ1n) is 7.70. The van der Waals surface area contributed by atoms with Gasteiger partial charge in [0.2, 0.25) is 15.9 Å². The van der Waals surface area contributed by atoms with Crippen LogP contribution in [0.15, 0.2) is 29.2 Å². The van der Waals surface area contributed by atoms with Gasteiger partial charge in [-0.3, -0.25) is 4.79 Å². The van der Waals surface area contributed by atoms with Gasteiger partial charge < -0.3 is 11.1 Å². The highest BCUT2D eigenvalue weighted by molar-refractivity contribution is 7.89. The molecule has 1 amide bonds. The minimum atomic E-state index is -3.92. The number of hydrogen-bond donors (Lipinski definition) is 2. The van der Waals surface area contributed by atoms with Crippen molar-refractivity contribution in [1.82, 2.24) is 9.62 Å². The molecule has 1 aliphatic heterocycles. The molecule has 0 bridgehead atoms. The zero-order chi connectivity index (χ0) is 16.9. The lowest BCUT2D eigenvalue weighted by molar-refractivity contribution is -0.121. The van der Waals surface area contributed by atoms with Crippen LogP contribution in [-0.4, -0.2) is 44.3 Å². The summed E-state index contributed by atoms with van der Waals surface area (Å²) in [6.45, 7) is 0.786. The van der Waals surface area contributed by atoms with Gasteiger partial charge in [-0.15, -0.1) is 12.4 Å². The van der Waals surface area contributed by atoms with E-state index in [1.165, 1.54) is 22.5 Å². The van der Waals surface area contributed by atoms with E-state index in [9.17, 15) is 17.6 Å². The van der Waals surface area contributed by atoms with E-state index < -0.39 is 15.8 Å². The second kappa shape index (κ2) is 9.31. The smallest absolute Gasteiger partial charge is 0.246 e. The van der Waals surface area contributed by atoms with Crippen LogP contribution in [0.5, 0.6) is 0 Å². The van der Waals surface area contributed by atoms with Crippen molar-refractivity contribution < 1.29 is 17.6 Å².